The lowest BCUT2D eigenvalue weighted by Crippen LogP contribution is -2.44. The molecule has 0 aromatic heterocycles. The number of carbonyl (C=O) groups is 1. The van der Waals surface area contributed by atoms with Gasteiger partial charge in [0.15, 0.2) is 5.60 Å². The van der Waals surface area contributed by atoms with Gasteiger partial charge in [-0.2, -0.15) is 13.2 Å². The van der Waals surface area contributed by atoms with Crippen molar-refractivity contribution in [1.29, 1.82) is 0 Å². The largest absolute Gasteiger partial charge is 0.421 e. The molecule has 2 aliphatic rings. The molecule has 2 fully saturated rings. The van der Waals surface area contributed by atoms with Crippen LogP contribution in [-0.2, 0) is 5.60 Å². The molecule has 32 heavy (non-hydrogen) atoms. The second kappa shape index (κ2) is 8.50. The van der Waals surface area contributed by atoms with Gasteiger partial charge >= 0.3 is 6.18 Å². The molecular formula is C25H27F4NO2. The molecule has 1 atom stereocenters. The second-order valence-corrected chi connectivity index (χ2v) is 9.12. The van der Waals surface area contributed by atoms with Crippen molar-refractivity contribution in [3.8, 4) is 0 Å². The molecule has 3 nitrogen and oxygen atoms in total. The van der Waals surface area contributed by atoms with Crippen LogP contribution in [0.5, 0.6) is 0 Å². The summed E-state index contributed by atoms with van der Waals surface area (Å²) in [6.07, 6.45) is 0.129. The molecule has 1 N–H and O–H groups in total. The standard InChI is InChI=1S/C25H27F4NO2/c1-24(32,25(27,28)29)18-10-6-17(7-11-18)23(31)30(20-14-15-20)19-12-8-16(9-13-19)21-4-2-3-5-22(21)26/h2-7,10-11,16,19-20,32H,8-9,12-15H2,1H3/t16?,19?,24-/m0/s1. The highest BCUT2D eigenvalue weighted by Gasteiger charge is 2.51. The number of carbonyl (C=O) groups excluding carboxylic acids is 1. The Balaban J connectivity index is 1.47. The van der Waals surface area contributed by atoms with E-state index in [2.05, 4.69) is 0 Å². The maximum Gasteiger partial charge on any atom is 0.421 e. The van der Waals surface area contributed by atoms with E-state index in [4.69, 9.17) is 0 Å². The van der Waals surface area contributed by atoms with Crippen LogP contribution in [0.25, 0.3) is 0 Å². The van der Waals surface area contributed by atoms with Crippen LogP contribution >= 0.6 is 0 Å². The summed E-state index contributed by atoms with van der Waals surface area (Å²) in [6.45, 7) is 0.703. The van der Waals surface area contributed by atoms with Crippen molar-refractivity contribution in [2.45, 2.75) is 75.2 Å². The molecule has 0 unspecified atom stereocenters. The second-order valence-electron chi connectivity index (χ2n) is 9.12. The third kappa shape index (κ3) is 4.40. The van der Waals surface area contributed by atoms with Gasteiger partial charge in [0.05, 0.1) is 0 Å². The summed E-state index contributed by atoms with van der Waals surface area (Å²) >= 11 is 0. The molecular weight excluding hydrogens is 422 g/mol. The Morgan fingerprint density at radius 2 is 1.44 bits per heavy atom. The third-order valence-electron chi connectivity index (χ3n) is 6.86. The lowest BCUT2D eigenvalue weighted by Gasteiger charge is -2.37. The van der Waals surface area contributed by atoms with Crippen LogP contribution in [-0.4, -0.2) is 34.2 Å². The van der Waals surface area contributed by atoms with Crippen molar-refractivity contribution in [3.63, 3.8) is 0 Å². The topological polar surface area (TPSA) is 40.5 Å². The van der Waals surface area contributed by atoms with Crippen LogP contribution in [0, 0.1) is 5.82 Å². The van der Waals surface area contributed by atoms with Crippen LogP contribution in [0.1, 0.15) is 72.9 Å². The highest BCUT2D eigenvalue weighted by Crippen LogP contribution is 2.41. The van der Waals surface area contributed by atoms with E-state index in [0.29, 0.717) is 12.5 Å². The van der Waals surface area contributed by atoms with Gasteiger partial charge in [-0.05, 0) is 80.7 Å². The first-order chi connectivity index (χ1) is 15.1. The minimum absolute atomic E-state index is 0.0379. The van der Waals surface area contributed by atoms with Gasteiger partial charge in [0, 0.05) is 17.6 Å². The first-order valence-corrected chi connectivity index (χ1v) is 11.1. The van der Waals surface area contributed by atoms with E-state index in [1.807, 2.05) is 17.0 Å². The molecule has 2 aliphatic carbocycles. The molecule has 0 radical (unpaired) electrons. The van der Waals surface area contributed by atoms with Crippen LogP contribution in [0.15, 0.2) is 48.5 Å². The van der Waals surface area contributed by atoms with Crippen LogP contribution in [0.3, 0.4) is 0 Å². The number of rotatable bonds is 5. The van der Waals surface area contributed by atoms with Crippen molar-refractivity contribution in [1.82, 2.24) is 4.90 Å². The van der Waals surface area contributed by atoms with E-state index in [1.54, 1.807) is 6.07 Å². The molecule has 0 spiro atoms. The van der Waals surface area contributed by atoms with Gasteiger partial charge in [-0.1, -0.05) is 30.3 Å². The van der Waals surface area contributed by atoms with E-state index in [9.17, 15) is 27.5 Å². The van der Waals surface area contributed by atoms with Crippen molar-refractivity contribution >= 4 is 5.91 Å². The predicted molar refractivity (Wildman–Crippen MR) is 113 cm³/mol. The number of amides is 1. The maximum atomic E-state index is 14.2. The fourth-order valence-electron chi connectivity index (χ4n) is 4.70. The van der Waals surface area contributed by atoms with Gasteiger partial charge in [0.1, 0.15) is 5.82 Å². The molecule has 0 saturated heterocycles. The lowest BCUT2D eigenvalue weighted by molar-refractivity contribution is -0.258. The maximum absolute atomic E-state index is 14.2. The van der Waals surface area contributed by atoms with Crippen molar-refractivity contribution in [3.05, 3.63) is 71.0 Å². The van der Waals surface area contributed by atoms with Gasteiger partial charge in [0.2, 0.25) is 0 Å². The number of aliphatic hydroxyl groups is 1. The average molecular weight is 449 g/mol. The molecule has 7 heteroatoms. The van der Waals surface area contributed by atoms with E-state index in [0.717, 1.165) is 44.1 Å². The van der Waals surface area contributed by atoms with Crippen LogP contribution < -0.4 is 0 Å². The fourth-order valence-corrected chi connectivity index (χ4v) is 4.70. The van der Waals surface area contributed by atoms with Crippen LogP contribution in [0.4, 0.5) is 17.6 Å². The highest BCUT2D eigenvalue weighted by atomic mass is 19.4. The van der Waals surface area contributed by atoms with Crippen molar-refractivity contribution < 1.29 is 27.5 Å². The molecule has 1 amide bonds. The Morgan fingerprint density at radius 3 is 1.94 bits per heavy atom. The van der Waals surface area contributed by atoms with E-state index in [-0.39, 0.29) is 35.3 Å². The number of alkyl halides is 3. The number of hydrogen-bond acceptors (Lipinski definition) is 2. The van der Waals surface area contributed by atoms with Gasteiger partial charge < -0.3 is 10.0 Å². The summed E-state index contributed by atoms with van der Waals surface area (Å²) in [5.74, 6) is -0.256. The number of benzene rings is 2. The zero-order chi connectivity index (χ0) is 23.1. The minimum atomic E-state index is -4.81. The van der Waals surface area contributed by atoms with Crippen molar-refractivity contribution in [2.24, 2.45) is 0 Å². The van der Waals surface area contributed by atoms with Crippen LogP contribution in [0.2, 0.25) is 0 Å². The SMILES string of the molecule is C[C@](O)(c1ccc(C(=O)N(C2CCC(c3ccccc3F)CC2)C2CC2)cc1)C(F)(F)F. The molecule has 4 rings (SSSR count). The number of nitrogens with zero attached hydrogens (tertiary/aromatic N) is 1. The molecule has 2 aromatic carbocycles. The van der Waals surface area contributed by atoms with E-state index >= 15 is 0 Å². The molecule has 0 heterocycles. The number of hydrogen-bond donors (Lipinski definition) is 1. The molecule has 0 bridgehead atoms. The Labute approximate surface area is 185 Å². The fraction of sp³-hybridized carbons (Fsp3) is 0.480. The summed E-state index contributed by atoms with van der Waals surface area (Å²) in [6, 6.07) is 12.1. The van der Waals surface area contributed by atoms with E-state index < -0.39 is 11.8 Å². The first-order valence-electron chi connectivity index (χ1n) is 11.1. The van der Waals surface area contributed by atoms with Gasteiger partial charge in [-0.3, -0.25) is 4.79 Å². The summed E-state index contributed by atoms with van der Waals surface area (Å²) in [5.41, 5.74) is -2.24. The molecule has 2 saturated carbocycles. The Morgan fingerprint density at radius 1 is 0.906 bits per heavy atom. The summed E-state index contributed by atoms with van der Waals surface area (Å²) < 4.78 is 53.4. The van der Waals surface area contributed by atoms with Crippen molar-refractivity contribution in [2.75, 3.05) is 0 Å². The molecule has 0 aliphatic heterocycles. The highest BCUT2D eigenvalue weighted by molar-refractivity contribution is 5.95. The normalized spacial score (nSPS) is 23.4. The number of halogens is 4. The Hall–Kier alpha value is -2.41. The first kappa shape index (κ1) is 22.8. The molecule has 2 aromatic rings. The zero-order valence-corrected chi connectivity index (χ0v) is 17.9. The van der Waals surface area contributed by atoms with Gasteiger partial charge in [0.25, 0.3) is 5.91 Å². The average Bonchev–Trinajstić information content (AvgIpc) is 3.59. The van der Waals surface area contributed by atoms with Gasteiger partial charge in [-0.25, -0.2) is 4.39 Å². The quantitative estimate of drug-likeness (QED) is 0.575. The van der Waals surface area contributed by atoms with Gasteiger partial charge in [-0.15, -0.1) is 0 Å². The zero-order valence-electron chi connectivity index (χ0n) is 17.9. The summed E-state index contributed by atoms with van der Waals surface area (Å²) in [5, 5.41) is 9.85. The Bertz CT molecular complexity index is 959. The smallest absolute Gasteiger partial charge is 0.376 e. The summed E-state index contributed by atoms with van der Waals surface area (Å²) in [4.78, 5) is 15.2. The minimum Gasteiger partial charge on any atom is -0.376 e. The Kier molecular flexibility index (Phi) is 6.05. The predicted octanol–water partition coefficient (Wildman–Crippen LogP) is 5.93. The third-order valence-corrected chi connectivity index (χ3v) is 6.86. The van der Waals surface area contributed by atoms with E-state index in [1.165, 1.54) is 30.3 Å². The monoisotopic (exact) mass is 449 g/mol. The summed E-state index contributed by atoms with van der Waals surface area (Å²) in [7, 11) is 0. The lowest BCUT2D eigenvalue weighted by atomic mass is 9.81. The molecule has 172 valence electrons.